The van der Waals surface area contributed by atoms with E-state index in [-0.39, 0.29) is 17.6 Å². The molecule has 0 aliphatic carbocycles. The molecule has 208 valence electrons. The normalized spacial score (nSPS) is 14.3. The molecule has 2 aromatic heterocycles. The van der Waals surface area contributed by atoms with Crippen molar-refractivity contribution >= 4 is 35.3 Å². The van der Waals surface area contributed by atoms with Crippen molar-refractivity contribution in [2.75, 3.05) is 42.8 Å². The third-order valence-electron chi connectivity index (χ3n) is 6.49. The molecule has 0 radical (unpaired) electrons. The van der Waals surface area contributed by atoms with Gasteiger partial charge in [0.1, 0.15) is 35.7 Å². The predicted octanol–water partition coefficient (Wildman–Crippen LogP) is 4.81. The summed E-state index contributed by atoms with van der Waals surface area (Å²) in [6.07, 6.45) is 3.49. The molecular formula is C27H36N8O3S. The van der Waals surface area contributed by atoms with Crippen molar-refractivity contribution in [3.63, 3.8) is 0 Å². The molecule has 0 unspecified atom stereocenters. The number of nitrogens with one attached hydrogen (secondary N) is 2. The highest BCUT2D eigenvalue weighted by molar-refractivity contribution is 7.96. The fraction of sp³-hybridized carbons (Fsp3) is 0.407. The average Bonchev–Trinajstić information content (AvgIpc) is 2.93. The average molecular weight is 553 g/mol. The third kappa shape index (κ3) is 7.28. The summed E-state index contributed by atoms with van der Waals surface area (Å²) in [6, 6.07) is 11.6. The van der Waals surface area contributed by atoms with Crippen LogP contribution in [0.15, 0.2) is 42.6 Å². The Morgan fingerprint density at radius 3 is 2.54 bits per heavy atom. The van der Waals surface area contributed by atoms with Gasteiger partial charge in [0.05, 0.1) is 18.4 Å². The standard InChI is InChI=1S/C27H36N8O3S/c1-17(2)35-14-11-21(12-15-35)37-27-24(18(3)28)25(29)31-26(32-27)19-6-8-20(9-7-19)33-38-39-34(4)23-16-22(36-5)10-13-30-23/h6-10,13,16-17,21,28,33H,11-12,14-15H2,1-5H3,(H2,29,31,32). The molecule has 12 heteroatoms. The number of nitrogens with zero attached hydrogens (tertiary/aromatic N) is 5. The number of aromatic nitrogens is 3. The third-order valence-corrected chi connectivity index (χ3v) is 7.06. The Bertz CT molecular complexity index is 1270. The van der Waals surface area contributed by atoms with Gasteiger partial charge in [-0.1, -0.05) is 0 Å². The maximum absolute atomic E-state index is 8.21. The number of ether oxygens (including phenoxy) is 2. The smallest absolute Gasteiger partial charge is 0.228 e. The molecule has 3 aromatic rings. The summed E-state index contributed by atoms with van der Waals surface area (Å²) < 4.78 is 18.9. The first-order chi connectivity index (χ1) is 18.7. The second-order valence-electron chi connectivity index (χ2n) is 9.57. The van der Waals surface area contributed by atoms with Crippen molar-refractivity contribution < 1.29 is 13.8 Å². The van der Waals surface area contributed by atoms with Gasteiger partial charge in [-0.15, -0.1) is 0 Å². The molecule has 11 nitrogen and oxygen atoms in total. The van der Waals surface area contributed by atoms with Gasteiger partial charge < -0.3 is 25.5 Å². The van der Waals surface area contributed by atoms with Crippen LogP contribution in [-0.2, 0) is 4.28 Å². The van der Waals surface area contributed by atoms with Gasteiger partial charge in [-0.05, 0) is 63.9 Å². The molecule has 4 N–H and O–H groups in total. The minimum atomic E-state index is 0.0202. The van der Waals surface area contributed by atoms with Crippen LogP contribution in [0.1, 0.15) is 39.2 Å². The summed E-state index contributed by atoms with van der Waals surface area (Å²) in [5.41, 5.74) is 11.4. The van der Waals surface area contributed by atoms with Gasteiger partial charge in [-0.25, -0.2) is 9.97 Å². The zero-order valence-electron chi connectivity index (χ0n) is 23.0. The number of anilines is 3. The van der Waals surface area contributed by atoms with Gasteiger partial charge >= 0.3 is 0 Å². The van der Waals surface area contributed by atoms with E-state index in [2.05, 4.69) is 39.2 Å². The Kier molecular flexibility index (Phi) is 9.44. The van der Waals surface area contributed by atoms with Gasteiger partial charge in [0, 0.05) is 49.7 Å². The number of likely N-dealkylation sites (tertiary alicyclic amines) is 1. The van der Waals surface area contributed by atoms with Gasteiger partial charge in [-0.2, -0.15) is 9.27 Å². The van der Waals surface area contributed by atoms with E-state index in [9.17, 15) is 0 Å². The Labute approximate surface area is 233 Å². The number of methoxy groups -OCH3 is 1. The number of rotatable bonds is 11. The maximum atomic E-state index is 8.21. The predicted molar refractivity (Wildman–Crippen MR) is 156 cm³/mol. The summed E-state index contributed by atoms with van der Waals surface area (Å²) in [7, 11) is 3.45. The summed E-state index contributed by atoms with van der Waals surface area (Å²) in [6.45, 7) is 8.02. The molecule has 0 bridgehead atoms. The Morgan fingerprint density at radius 2 is 1.90 bits per heavy atom. The van der Waals surface area contributed by atoms with Crippen molar-refractivity contribution in [1.29, 1.82) is 5.41 Å². The van der Waals surface area contributed by atoms with Gasteiger partial charge in [-0.3, -0.25) is 9.79 Å². The number of nitrogen functional groups attached to an aromatic ring is 1. The van der Waals surface area contributed by atoms with Crippen molar-refractivity contribution in [3.05, 3.63) is 48.2 Å². The van der Waals surface area contributed by atoms with E-state index in [0.29, 0.717) is 34.9 Å². The van der Waals surface area contributed by atoms with Crippen LogP contribution in [0, 0.1) is 5.41 Å². The zero-order chi connectivity index (χ0) is 27.9. The maximum Gasteiger partial charge on any atom is 0.228 e. The van der Waals surface area contributed by atoms with Crippen molar-refractivity contribution in [2.45, 2.75) is 45.8 Å². The minimum Gasteiger partial charge on any atom is -0.497 e. The molecule has 0 spiro atoms. The highest BCUT2D eigenvalue weighted by atomic mass is 32.2. The fourth-order valence-corrected chi connectivity index (χ4v) is 4.66. The largest absolute Gasteiger partial charge is 0.497 e. The molecule has 0 amide bonds. The van der Waals surface area contributed by atoms with Gasteiger partial charge in [0.25, 0.3) is 0 Å². The van der Waals surface area contributed by atoms with E-state index in [0.717, 1.165) is 49.4 Å². The highest BCUT2D eigenvalue weighted by Crippen LogP contribution is 2.30. The van der Waals surface area contributed by atoms with Gasteiger partial charge in [0.2, 0.25) is 5.88 Å². The van der Waals surface area contributed by atoms with Crippen LogP contribution < -0.4 is 25.0 Å². The molecule has 1 saturated heterocycles. The Morgan fingerprint density at radius 1 is 1.18 bits per heavy atom. The van der Waals surface area contributed by atoms with E-state index in [1.54, 1.807) is 30.6 Å². The van der Waals surface area contributed by atoms with Gasteiger partial charge in [0.15, 0.2) is 5.82 Å². The molecule has 3 heterocycles. The topological polar surface area (TPSA) is 135 Å². The van der Waals surface area contributed by atoms with E-state index in [1.807, 2.05) is 37.4 Å². The van der Waals surface area contributed by atoms with Crippen LogP contribution in [-0.4, -0.2) is 65.0 Å². The monoisotopic (exact) mass is 552 g/mol. The first kappa shape index (κ1) is 28.4. The van der Waals surface area contributed by atoms with E-state index in [4.69, 9.17) is 24.9 Å². The van der Waals surface area contributed by atoms with Crippen LogP contribution in [0.25, 0.3) is 11.4 Å². The fourth-order valence-electron chi connectivity index (χ4n) is 4.24. The van der Waals surface area contributed by atoms with Crippen LogP contribution in [0.5, 0.6) is 11.6 Å². The van der Waals surface area contributed by atoms with Crippen molar-refractivity contribution in [1.82, 2.24) is 19.9 Å². The quantitative estimate of drug-likeness (QED) is 0.131. The SMILES string of the molecule is COc1ccnc(N(C)SONc2ccc(-c3nc(N)c(C(C)=N)c(OC4CCN(C(C)C)CC4)n3)cc2)c1. The summed E-state index contributed by atoms with van der Waals surface area (Å²) in [4.78, 5) is 15.9. The van der Waals surface area contributed by atoms with E-state index >= 15 is 0 Å². The highest BCUT2D eigenvalue weighted by Gasteiger charge is 2.25. The molecule has 4 rings (SSSR count). The number of benzene rings is 1. The van der Waals surface area contributed by atoms with E-state index in [1.165, 1.54) is 0 Å². The number of hydrogen-bond acceptors (Lipinski definition) is 12. The molecular weight excluding hydrogens is 516 g/mol. The second-order valence-corrected chi connectivity index (χ2v) is 10.4. The zero-order valence-corrected chi connectivity index (χ0v) is 23.8. The molecule has 1 aliphatic heterocycles. The molecule has 39 heavy (non-hydrogen) atoms. The number of nitrogens with two attached hydrogens (primary N) is 1. The summed E-state index contributed by atoms with van der Waals surface area (Å²) in [5.74, 6) is 2.45. The van der Waals surface area contributed by atoms with Crippen LogP contribution in [0.3, 0.4) is 0 Å². The van der Waals surface area contributed by atoms with Crippen molar-refractivity contribution in [2.24, 2.45) is 0 Å². The molecule has 1 aromatic carbocycles. The summed E-state index contributed by atoms with van der Waals surface area (Å²) in [5, 5.41) is 8.21. The Balaban J connectivity index is 1.41. The molecule has 0 atom stereocenters. The van der Waals surface area contributed by atoms with Crippen LogP contribution in [0.4, 0.5) is 17.3 Å². The Hall–Kier alpha value is -3.61. The lowest BCUT2D eigenvalue weighted by atomic mass is 10.1. The number of pyridine rings is 1. The number of hydrogen-bond donors (Lipinski definition) is 3. The first-order valence-corrected chi connectivity index (χ1v) is 13.5. The summed E-state index contributed by atoms with van der Waals surface area (Å²) >= 11 is 1.09. The van der Waals surface area contributed by atoms with Crippen LogP contribution in [0.2, 0.25) is 0 Å². The second kappa shape index (κ2) is 13.0. The minimum absolute atomic E-state index is 0.0202. The first-order valence-electron chi connectivity index (χ1n) is 12.8. The molecule has 0 saturated carbocycles. The molecule has 1 aliphatic rings. The van der Waals surface area contributed by atoms with Crippen molar-refractivity contribution in [3.8, 4) is 23.0 Å². The molecule has 1 fully saturated rings. The lowest BCUT2D eigenvalue weighted by Gasteiger charge is -2.34. The lowest BCUT2D eigenvalue weighted by molar-refractivity contribution is 0.0812. The lowest BCUT2D eigenvalue weighted by Crippen LogP contribution is -2.42. The number of piperidine rings is 1. The van der Waals surface area contributed by atoms with Crippen LogP contribution >= 0.6 is 12.2 Å². The van der Waals surface area contributed by atoms with E-state index < -0.39 is 0 Å².